The lowest BCUT2D eigenvalue weighted by Crippen LogP contribution is -2.13. The zero-order valence-electron chi connectivity index (χ0n) is 13.7. The Balaban J connectivity index is 1.50. The van der Waals surface area contributed by atoms with Crippen LogP contribution in [0.5, 0.6) is 0 Å². The Morgan fingerprint density at radius 3 is 2.62 bits per heavy atom. The lowest BCUT2D eigenvalue weighted by atomic mass is 10.2. The molecule has 132 valence electrons. The van der Waals surface area contributed by atoms with Crippen molar-refractivity contribution >= 4 is 49.9 Å². The summed E-state index contributed by atoms with van der Waals surface area (Å²) in [6.45, 7) is 0. The Morgan fingerprint density at radius 1 is 1.04 bits per heavy atom. The lowest BCUT2D eigenvalue weighted by molar-refractivity contribution is -0.116. The lowest BCUT2D eigenvalue weighted by Gasteiger charge is -2.04. The molecule has 0 atom stereocenters. The van der Waals surface area contributed by atoms with Crippen LogP contribution in [0.2, 0.25) is 0 Å². The van der Waals surface area contributed by atoms with Crippen molar-refractivity contribution < 1.29 is 9.59 Å². The molecule has 26 heavy (non-hydrogen) atoms. The second kappa shape index (κ2) is 8.73. The highest BCUT2D eigenvalue weighted by Gasteiger charge is 2.10. The zero-order valence-corrected chi connectivity index (χ0v) is 16.1. The smallest absolute Gasteiger partial charge is 0.257 e. The Bertz CT molecular complexity index is 912. The van der Waals surface area contributed by atoms with E-state index in [9.17, 15) is 9.59 Å². The monoisotopic (exact) mass is 429 g/mol. The van der Waals surface area contributed by atoms with Crippen molar-refractivity contribution in [3.8, 4) is 0 Å². The molecule has 1 heterocycles. The second-order valence-electron chi connectivity index (χ2n) is 5.52. The largest absolute Gasteiger partial charge is 0.326 e. The number of halogens is 1. The standard InChI is InChI=1S/C19H16BrN3O2S/c20-14-7-4-8-15(11-14)21-17(24)10-9-16-12-26-19(22-16)23-18(25)13-5-2-1-3-6-13/h1-8,11-12H,9-10H2,(H,21,24)(H,22,23,25). The van der Waals surface area contributed by atoms with Crippen molar-refractivity contribution in [1.82, 2.24) is 4.98 Å². The molecular weight excluding hydrogens is 414 g/mol. The number of rotatable bonds is 6. The van der Waals surface area contributed by atoms with Gasteiger partial charge in [-0.05, 0) is 36.8 Å². The fourth-order valence-electron chi connectivity index (χ4n) is 2.27. The number of carbonyl (C=O) groups is 2. The number of nitrogens with zero attached hydrogens (tertiary/aromatic N) is 1. The molecule has 0 aliphatic rings. The van der Waals surface area contributed by atoms with Crippen molar-refractivity contribution in [3.05, 3.63) is 75.7 Å². The first-order valence-corrected chi connectivity index (χ1v) is 9.63. The number of thiazole rings is 1. The van der Waals surface area contributed by atoms with Crippen molar-refractivity contribution in [2.75, 3.05) is 10.6 Å². The van der Waals surface area contributed by atoms with Crippen LogP contribution in [0, 0.1) is 0 Å². The van der Waals surface area contributed by atoms with Crippen LogP contribution in [0.4, 0.5) is 10.8 Å². The van der Waals surface area contributed by atoms with E-state index in [0.29, 0.717) is 23.5 Å². The van der Waals surface area contributed by atoms with E-state index in [2.05, 4.69) is 31.5 Å². The number of aromatic nitrogens is 1. The number of amides is 2. The average molecular weight is 430 g/mol. The van der Waals surface area contributed by atoms with Gasteiger partial charge in [-0.1, -0.05) is 40.2 Å². The molecule has 0 unspecified atom stereocenters. The van der Waals surface area contributed by atoms with E-state index in [1.807, 2.05) is 47.8 Å². The third-order valence-corrected chi connectivity index (χ3v) is 4.82. The van der Waals surface area contributed by atoms with Gasteiger partial charge in [-0.25, -0.2) is 4.98 Å². The molecule has 0 bridgehead atoms. The minimum Gasteiger partial charge on any atom is -0.326 e. The van der Waals surface area contributed by atoms with Crippen LogP contribution >= 0.6 is 27.3 Å². The van der Waals surface area contributed by atoms with Gasteiger partial charge in [0.15, 0.2) is 5.13 Å². The summed E-state index contributed by atoms with van der Waals surface area (Å²) in [6.07, 6.45) is 0.833. The molecule has 0 fully saturated rings. The van der Waals surface area contributed by atoms with E-state index in [1.54, 1.807) is 12.1 Å². The molecule has 0 aliphatic carbocycles. The van der Waals surface area contributed by atoms with Crippen LogP contribution in [0.3, 0.4) is 0 Å². The van der Waals surface area contributed by atoms with E-state index in [4.69, 9.17) is 0 Å². The van der Waals surface area contributed by atoms with Gasteiger partial charge in [0.1, 0.15) is 0 Å². The van der Waals surface area contributed by atoms with E-state index < -0.39 is 0 Å². The summed E-state index contributed by atoms with van der Waals surface area (Å²) >= 11 is 4.72. The highest BCUT2D eigenvalue weighted by Crippen LogP contribution is 2.19. The van der Waals surface area contributed by atoms with Crippen molar-refractivity contribution in [2.24, 2.45) is 0 Å². The molecule has 0 aliphatic heterocycles. The van der Waals surface area contributed by atoms with Gasteiger partial charge in [0.2, 0.25) is 5.91 Å². The van der Waals surface area contributed by atoms with Crippen LogP contribution < -0.4 is 10.6 Å². The SMILES string of the molecule is O=C(CCc1csc(NC(=O)c2ccccc2)n1)Nc1cccc(Br)c1. The molecule has 1 aromatic heterocycles. The summed E-state index contributed by atoms with van der Waals surface area (Å²) in [6, 6.07) is 16.4. The first-order chi connectivity index (χ1) is 12.6. The highest BCUT2D eigenvalue weighted by atomic mass is 79.9. The number of aryl methyl sites for hydroxylation is 1. The summed E-state index contributed by atoms with van der Waals surface area (Å²) in [7, 11) is 0. The van der Waals surface area contributed by atoms with Crippen molar-refractivity contribution in [1.29, 1.82) is 0 Å². The maximum atomic E-state index is 12.1. The van der Waals surface area contributed by atoms with Gasteiger partial charge in [-0.3, -0.25) is 14.9 Å². The number of benzene rings is 2. The predicted octanol–water partition coefficient (Wildman–Crippen LogP) is 4.73. The molecule has 3 rings (SSSR count). The van der Waals surface area contributed by atoms with Gasteiger partial charge in [-0.15, -0.1) is 11.3 Å². The van der Waals surface area contributed by atoms with E-state index in [-0.39, 0.29) is 11.8 Å². The van der Waals surface area contributed by atoms with Gasteiger partial charge in [0.25, 0.3) is 5.91 Å². The van der Waals surface area contributed by atoms with Crippen LogP contribution in [-0.4, -0.2) is 16.8 Å². The minimum absolute atomic E-state index is 0.0778. The Labute approximate surface area is 163 Å². The number of carbonyl (C=O) groups excluding carboxylic acids is 2. The van der Waals surface area contributed by atoms with Crippen LogP contribution in [-0.2, 0) is 11.2 Å². The van der Waals surface area contributed by atoms with Crippen LogP contribution in [0.1, 0.15) is 22.5 Å². The molecule has 5 nitrogen and oxygen atoms in total. The van der Waals surface area contributed by atoms with E-state index >= 15 is 0 Å². The molecular formula is C19H16BrN3O2S. The van der Waals surface area contributed by atoms with Crippen LogP contribution in [0.25, 0.3) is 0 Å². The Kier molecular flexibility index (Phi) is 6.14. The van der Waals surface area contributed by atoms with Gasteiger partial charge >= 0.3 is 0 Å². The third-order valence-electron chi connectivity index (χ3n) is 3.52. The fourth-order valence-corrected chi connectivity index (χ4v) is 3.41. The van der Waals surface area contributed by atoms with Crippen molar-refractivity contribution in [3.63, 3.8) is 0 Å². The topological polar surface area (TPSA) is 71.1 Å². The van der Waals surface area contributed by atoms with E-state index in [0.717, 1.165) is 15.9 Å². The molecule has 0 saturated heterocycles. The summed E-state index contributed by atoms with van der Waals surface area (Å²) in [5.41, 5.74) is 2.11. The second-order valence-corrected chi connectivity index (χ2v) is 7.30. The molecule has 2 N–H and O–H groups in total. The molecule has 2 aromatic carbocycles. The first kappa shape index (κ1) is 18.3. The molecule has 3 aromatic rings. The molecule has 0 spiro atoms. The Morgan fingerprint density at radius 2 is 1.85 bits per heavy atom. The molecule has 0 radical (unpaired) electrons. The van der Waals surface area contributed by atoms with Crippen LogP contribution in [0.15, 0.2) is 64.5 Å². The highest BCUT2D eigenvalue weighted by molar-refractivity contribution is 9.10. The van der Waals surface area contributed by atoms with Gasteiger partial charge in [0, 0.05) is 27.5 Å². The minimum atomic E-state index is -0.195. The zero-order chi connectivity index (χ0) is 18.4. The third kappa shape index (κ3) is 5.24. The summed E-state index contributed by atoms with van der Waals surface area (Å²) < 4.78 is 0.911. The number of anilines is 2. The summed E-state index contributed by atoms with van der Waals surface area (Å²) in [5.74, 6) is -0.273. The number of nitrogens with one attached hydrogen (secondary N) is 2. The van der Waals surface area contributed by atoms with Gasteiger partial charge < -0.3 is 5.32 Å². The quantitative estimate of drug-likeness (QED) is 0.594. The Hall–Kier alpha value is -2.51. The van der Waals surface area contributed by atoms with E-state index in [1.165, 1.54) is 11.3 Å². The predicted molar refractivity (Wildman–Crippen MR) is 108 cm³/mol. The van der Waals surface area contributed by atoms with Gasteiger partial charge in [0.05, 0.1) is 5.69 Å². The fraction of sp³-hybridized carbons (Fsp3) is 0.105. The molecule has 2 amide bonds. The summed E-state index contributed by atoms with van der Waals surface area (Å²) in [4.78, 5) is 28.5. The normalized spacial score (nSPS) is 10.3. The first-order valence-electron chi connectivity index (χ1n) is 7.96. The number of hydrogen-bond donors (Lipinski definition) is 2. The number of hydrogen-bond acceptors (Lipinski definition) is 4. The maximum Gasteiger partial charge on any atom is 0.257 e. The molecule has 0 saturated carbocycles. The summed E-state index contributed by atoms with van der Waals surface area (Å²) in [5, 5.41) is 8.01. The van der Waals surface area contributed by atoms with Crippen molar-refractivity contribution in [2.45, 2.75) is 12.8 Å². The van der Waals surface area contributed by atoms with Gasteiger partial charge in [-0.2, -0.15) is 0 Å². The maximum absolute atomic E-state index is 12.1. The molecule has 7 heteroatoms. The average Bonchev–Trinajstić information content (AvgIpc) is 3.08.